The maximum absolute atomic E-state index is 12.7. The van der Waals surface area contributed by atoms with Gasteiger partial charge in [0.15, 0.2) is 0 Å². The van der Waals surface area contributed by atoms with Crippen LogP contribution in [0.1, 0.15) is 12.8 Å². The molecule has 0 spiro atoms. The van der Waals surface area contributed by atoms with Gasteiger partial charge in [-0.1, -0.05) is 11.6 Å². The lowest BCUT2D eigenvalue weighted by Gasteiger charge is -2.05. The molecule has 1 nitrogen and oxygen atoms in total. The maximum Gasteiger partial charge on any atom is 0.141 e. The van der Waals surface area contributed by atoms with E-state index in [1.54, 1.807) is 0 Å². The average Bonchev–Trinajstić information content (AvgIpc) is 2.81. The smallest absolute Gasteiger partial charge is 0.141 e. The molecule has 3 heteroatoms. The maximum atomic E-state index is 12.7. The third kappa shape index (κ3) is 1.69. The fourth-order valence-electron chi connectivity index (χ4n) is 0.933. The van der Waals surface area contributed by atoms with Gasteiger partial charge in [0.25, 0.3) is 0 Å². The van der Waals surface area contributed by atoms with E-state index in [2.05, 4.69) is 0 Å². The monoisotopic (exact) mass is 186 g/mol. The standard InChI is InChI=1S/C9H8ClFO/c10-8-4-1-6(11)5-9(8)12-7-2-3-7/h1,4-5,7H,2-3H2. The molecule has 1 aliphatic carbocycles. The van der Waals surface area contributed by atoms with Crippen LogP contribution in [-0.2, 0) is 0 Å². The van der Waals surface area contributed by atoms with Crippen LogP contribution in [0, 0.1) is 5.82 Å². The lowest BCUT2D eigenvalue weighted by atomic mass is 10.3. The van der Waals surface area contributed by atoms with Crippen LogP contribution in [0.3, 0.4) is 0 Å². The number of benzene rings is 1. The van der Waals surface area contributed by atoms with Crippen LogP contribution in [0.5, 0.6) is 5.75 Å². The molecule has 1 fully saturated rings. The second-order valence-corrected chi connectivity index (χ2v) is 3.30. The Morgan fingerprint density at radius 3 is 2.83 bits per heavy atom. The topological polar surface area (TPSA) is 9.23 Å². The highest BCUT2D eigenvalue weighted by molar-refractivity contribution is 6.32. The minimum Gasteiger partial charge on any atom is -0.489 e. The molecule has 0 aliphatic heterocycles. The summed E-state index contributed by atoms with van der Waals surface area (Å²) in [6.07, 6.45) is 2.35. The molecule has 64 valence electrons. The first-order valence-corrected chi connectivity index (χ1v) is 4.25. The first-order valence-electron chi connectivity index (χ1n) is 3.87. The highest BCUT2D eigenvalue weighted by Gasteiger charge is 2.24. The normalized spacial score (nSPS) is 16.2. The van der Waals surface area contributed by atoms with Crippen molar-refractivity contribution in [2.75, 3.05) is 0 Å². The Morgan fingerprint density at radius 2 is 2.17 bits per heavy atom. The Kier molecular flexibility index (Phi) is 1.93. The van der Waals surface area contributed by atoms with Crippen molar-refractivity contribution >= 4 is 11.6 Å². The average molecular weight is 187 g/mol. The van der Waals surface area contributed by atoms with Gasteiger partial charge in [0.1, 0.15) is 11.6 Å². The van der Waals surface area contributed by atoms with E-state index in [0.717, 1.165) is 12.8 Å². The summed E-state index contributed by atoms with van der Waals surface area (Å²) >= 11 is 5.78. The van der Waals surface area contributed by atoms with Gasteiger partial charge in [-0.2, -0.15) is 0 Å². The van der Waals surface area contributed by atoms with Crippen LogP contribution in [0.15, 0.2) is 18.2 Å². The molecule has 2 rings (SSSR count). The van der Waals surface area contributed by atoms with Gasteiger partial charge in [0, 0.05) is 6.07 Å². The van der Waals surface area contributed by atoms with Crippen molar-refractivity contribution < 1.29 is 9.13 Å². The van der Waals surface area contributed by atoms with E-state index in [-0.39, 0.29) is 11.9 Å². The van der Waals surface area contributed by atoms with E-state index >= 15 is 0 Å². The van der Waals surface area contributed by atoms with Crippen molar-refractivity contribution in [3.63, 3.8) is 0 Å². The van der Waals surface area contributed by atoms with Crippen molar-refractivity contribution in [3.05, 3.63) is 29.0 Å². The quantitative estimate of drug-likeness (QED) is 0.690. The van der Waals surface area contributed by atoms with Gasteiger partial charge in [0.05, 0.1) is 11.1 Å². The summed E-state index contributed by atoms with van der Waals surface area (Å²) in [5, 5.41) is 0.475. The van der Waals surface area contributed by atoms with E-state index in [1.807, 2.05) is 0 Å². The molecule has 1 aromatic rings. The summed E-state index contributed by atoms with van der Waals surface area (Å²) < 4.78 is 18.0. The fraction of sp³-hybridized carbons (Fsp3) is 0.333. The molecule has 0 amide bonds. The predicted octanol–water partition coefficient (Wildman–Crippen LogP) is 3.02. The summed E-state index contributed by atoms with van der Waals surface area (Å²) in [5.41, 5.74) is 0. The van der Waals surface area contributed by atoms with Gasteiger partial charge in [-0.25, -0.2) is 4.39 Å². The van der Waals surface area contributed by atoms with Crippen LogP contribution in [0.4, 0.5) is 4.39 Å². The van der Waals surface area contributed by atoms with Crippen molar-refractivity contribution in [3.8, 4) is 5.75 Å². The van der Waals surface area contributed by atoms with Crippen LogP contribution in [-0.4, -0.2) is 6.10 Å². The molecule has 0 N–H and O–H groups in total. The van der Waals surface area contributed by atoms with E-state index in [0.29, 0.717) is 10.8 Å². The van der Waals surface area contributed by atoms with Gasteiger partial charge in [0.2, 0.25) is 0 Å². The zero-order valence-corrected chi connectivity index (χ0v) is 7.14. The van der Waals surface area contributed by atoms with Crippen LogP contribution >= 0.6 is 11.6 Å². The van der Waals surface area contributed by atoms with Crippen molar-refractivity contribution in [1.29, 1.82) is 0 Å². The first-order chi connectivity index (χ1) is 5.75. The zero-order valence-electron chi connectivity index (χ0n) is 6.39. The predicted molar refractivity (Wildman–Crippen MR) is 45.1 cm³/mol. The van der Waals surface area contributed by atoms with Crippen molar-refractivity contribution in [1.82, 2.24) is 0 Å². The van der Waals surface area contributed by atoms with Crippen LogP contribution < -0.4 is 4.74 Å². The largest absolute Gasteiger partial charge is 0.489 e. The minimum absolute atomic E-state index is 0.254. The molecule has 1 aliphatic rings. The summed E-state index contributed by atoms with van der Waals surface area (Å²) in [6, 6.07) is 4.15. The highest BCUT2D eigenvalue weighted by atomic mass is 35.5. The Hall–Kier alpha value is -0.760. The van der Waals surface area contributed by atoms with Gasteiger partial charge >= 0.3 is 0 Å². The Bertz CT molecular complexity index is 297. The molecule has 0 saturated heterocycles. The van der Waals surface area contributed by atoms with E-state index < -0.39 is 0 Å². The van der Waals surface area contributed by atoms with Crippen LogP contribution in [0.2, 0.25) is 5.02 Å². The number of hydrogen-bond acceptors (Lipinski definition) is 1. The third-order valence-corrected chi connectivity index (χ3v) is 2.02. The molecule has 0 unspecified atom stereocenters. The molecular weight excluding hydrogens is 179 g/mol. The Morgan fingerprint density at radius 1 is 1.42 bits per heavy atom. The lowest BCUT2D eigenvalue weighted by molar-refractivity contribution is 0.302. The van der Waals surface area contributed by atoms with Crippen molar-refractivity contribution in [2.24, 2.45) is 0 Å². The van der Waals surface area contributed by atoms with Gasteiger partial charge < -0.3 is 4.74 Å². The van der Waals surface area contributed by atoms with E-state index in [1.165, 1.54) is 18.2 Å². The molecule has 0 atom stereocenters. The minimum atomic E-state index is -0.310. The molecule has 0 radical (unpaired) electrons. The SMILES string of the molecule is Fc1ccc(Cl)c(OC2CC2)c1. The summed E-state index contributed by atoms with van der Waals surface area (Å²) in [7, 11) is 0. The number of ether oxygens (including phenoxy) is 1. The molecular formula is C9H8ClFO. The summed E-state index contributed by atoms with van der Waals surface area (Å²) in [5.74, 6) is 0.147. The molecule has 0 bridgehead atoms. The second kappa shape index (κ2) is 2.94. The summed E-state index contributed by atoms with van der Waals surface area (Å²) in [4.78, 5) is 0. The molecule has 0 aromatic heterocycles. The Labute approximate surface area is 75.1 Å². The molecule has 1 aromatic carbocycles. The lowest BCUT2D eigenvalue weighted by Crippen LogP contribution is -1.96. The first kappa shape index (κ1) is 7.87. The van der Waals surface area contributed by atoms with Crippen molar-refractivity contribution in [2.45, 2.75) is 18.9 Å². The number of hydrogen-bond donors (Lipinski definition) is 0. The van der Waals surface area contributed by atoms with Crippen LogP contribution in [0.25, 0.3) is 0 Å². The zero-order chi connectivity index (χ0) is 8.55. The number of rotatable bonds is 2. The third-order valence-electron chi connectivity index (χ3n) is 1.71. The van der Waals surface area contributed by atoms with Gasteiger partial charge in [-0.05, 0) is 25.0 Å². The fourth-order valence-corrected chi connectivity index (χ4v) is 1.10. The number of halogens is 2. The van der Waals surface area contributed by atoms with E-state index in [9.17, 15) is 4.39 Å². The highest BCUT2D eigenvalue weighted by Crippen LogP contribution is 2.32. The van der Waals surface area contributed by atoms with Gasteiger partial charge in [-0.3, -0.25) is 0 Å². The van der Waals surface area contributed by atoms with Gasteiger partial charge in [-0.15, -0.1) is 0 Å². The van der Waals surface area contributed by atoms with E-state index in [4.69, 9.17) is 16.3 Å². The molecule has 0 heterocycles. The molecule has 1 saturated carbocycles. The second-order valence-electron chi connectivity index (χ2n) is 2.89. The Balaban J connectivity index is 2.21. The molecule has 12 heavy (non-hydrogen) atoms. The summed E-state index contributed by atoms with van der Waals surface area (Å²) in [6.45, 7) is 0.